The predicted molar refractivity (Wildman–Crippen MR) is 136 cm³/mol. The van der Waals surface area contributed by atoms with E-state index in [1.54, 1.807) is 54.2 Å². The molecule has 0 unspecified atom stereocenters. The number of carbonyl (C=O) groups excluding carboxylic acids is 1. The number of hydrogen-bond donors (Lipinski definition) is 3. The molecular formula is C26H20FN5OS. The molecule has 0 atom stereocenters. The summed E-state index contributed by atoms with van der Waals surface area (Å²) < 4.78 is 15.0. The third-order valence-electron chi connectivity index (χ3n) is 5.42. The normalized spacial score (nSPS) is 10.9. The standard InChI is InChI=1S/C26H20FN5OS/c1-15-4-9-21(27)22(11-15)32-26(33)31-18-7-5-16(6-8-18)20-14-34-24-19(13-30-25(28)23(20)24)17-3-2-10-29-12-17/h2-14H,1H3,(H2,28,30)(H2,31,32,33). The zero-order valence-corrected chi connectivity index (χ0v) is 19.0. The van der Waals surface area contributed by atoms with Crippen molar-refractivity contribution < 1.29 is 9.18 Å². The van der Waals surface area contributed by atoms with Crippen LogP contribution in [0.1, 0.15) is 5.56 Å². The monoisotopic (exact) mass is 469 g/mol. The van der Waals surface area contributed by atoms with E-state index in [4.69, 9.17) is 5.73 Å². The molecule has 0 aliphatic carbocycles. The lowest BCUT2D eigenvalue weighted by Gasteiger charge is -2.10. The van der Waals surface area contributed by atoms with Crippen molar-refractivity contribution in [3.05, 3.63) is 89.9 Å². The van der Waals surface area contributed by atoms with Crippen molar-refractivity contribution in [2.24, 2.45) is 0 Å². The predicted octanol–water partition coefficient (Wildman–Crippen LogP) is 6.70. The number of nitrogen functional groups attached to an aromatic ring is 1. The van der Waals surface area contributed by atoms with Gasteiger partial charge in [-0.05, 0) is 53.8 Å². The van der Waals surface area contributed by atoms with Crippen LogP contribution in [0, 0.1) is 12.7 Å². The van der Waals surface area contributed by atoms with Gasteiger partial charge in [0, 0.05) is 51.1 Å². The van der Waals surface area contributed by atoms with E-state index in [9.17, 15) is 9.18 Å². The number of nitrogens with one attached hydrogen (secondary N) is 2. The van der Waals surface area contributed by atoms with E-state index in [0.717, 1.165) is 37.9 Å². The first-order valence-corrected chi connectivity index (χ1v) is 11.4. The molecule has 0 aliphatic heterocycles. The lowest BCUT2D eigenvalue weighted by atomic mass is 10.0. The number of nitrogens with zero attached hydrogens (tertiary/aromatic N) is 2. The van der Waals surface area contributed by atoms with Crippen LogP contribution in [-0.2, 0) is 0 Å². The van der Waals surface area contributed by atoms with Crippen LogP contribution in [0.15, 0.2) is 78.6 Å². The van der Waals surface area contributed by atoms with E-state index < -0.39 is 11.8 Å². The maximum atomic E-state index is 13.9. The molecule has 0 saturated heterocycles. The number of thiophene rings is 1. The molecule has 0 fully saturated rings. The van der Waals surface area contributed by atoms with Gasteiger partial charge in [-0.25, -0.2) is 14.2 Å². The largest absolute Gasteiger partial charge is 0.383 e. The summed E-state index contributed by atoms with van der Waals surface area (Å²) in [6, 6.07) is 15.3. The van der Waals surface area contributed by atoms with Gasteiger partial charge in [0.05, 0.1) is 5.69 Å². The molecule has 0 radical (unpaired) electrons. The maximum absolute atomic E-state index is 13.9. The van der Waals surface area contributed by atoms with Crippen molar-refractivity contribution in [1.29, 1.82) is 0 Å². The molecule has 34 heavy (non-hydrogen) atoms. The second-order valence-corrected chi connectivity index (χ2v) is 8.67. The van der Waals surface area contributed by atoms with Crippen LogP contribution >= 0.6 is 11.3 Å². The number of pyridine rings is 2. The molecule has 5 rings (SSSR count). The molecule has 0 bridgehead atoms. The van der Waals surface area contributed by atoms with E-state index in [2.05, 4.69) is 26.0 Å². The Balaban J connectivity index is 1.40. The first kappa shape index (κ1) is 21.5. The topological polar surface area (TPSA) is 92.9 Å². The van der Waals surface area contributed by atoms with E-state index in [1.165, 1.54) is 6.07 Å². The highest BCUT2D eigenvalue weighted by atomic mass is 32.1. The summed E-state index contributed by atoms with van der Waals surface area (Å²) in [5, 5.41) is 8.21. The van der Waals surface area contributed by atoms with E-state index in [1.807, 2.05) is 31.2 Å². The van der Waals surface area contributed by atoms with Crippen molar-refractivity contribution >= 4 is 44.6 Å². The highest BCUT2D eigenvalue weighted by Crippen LogP contribution is 2.41. The fraction of sp³-hybridized carbons (Fsp3) is 0.0385. The first-order chi connectivity index (χ1) is 16.5. The van der Waals surface area contributed by atoms with Crippen molar-refractivity contribution in [2.75, 3.05) is 16.4 Å². The van der Waals surface area contributed by atoms with Crippen LogP contribution < -0.4 is 16.4 Å². The molecule has 0 aliphatic rings. The maximum Gasteiger partial charge on any atom is 0.323 e. The minimum Gasteiger partial charge on any atom is -0.383 e. The number of hydrogen-bond acceptors (Lipinski definition) is 5. The van der Waals surface area contributed by atoms with Gasteiger partial charge in [0.25, 0.3) is 0 Å². The molecule has 168 valence electrons. The zero-order chi connectivity index (χ0) is 23.7. The highest BCUT2D eigenvalue weighted by Gasteiger charge is 2.15. The number of rotatable bonds is 4. The Morgan fingerprint density at radius 1 is 1.00 bits per heavy atom. The molecule has 3 aromatic heterocycles. The Morgan fingerprint density at radius 2 is 1.82 bits per heavy atom. The molecule has 4 N–H and O–H groups in total. The molecule has 3 heterocycles. The van der Waals surface area contributed by atoms with Crippen LogP contribution in [-0.4, -0.2) is 16.0 Å². The second-order valence-electron chi connectivity index (χ2n) is 7.79. The Kier molecular flexibility index (Phi) is 5.65. The molecule has 5 aromatic rings. The van der Waals surface area contributed by atoms with E-state index in [-0.39, 0.29) is 5.69 Å². The molecule has 0 spiro atoms. The number of aromatic nitrogens is 2. The average Bonchev–Trinajstić information content (AvgIpc) is 3.29. The van der Waals surface area contributed by atoms with Crippen LogP contribution in [0.3, 0.4) is 0 Å². The van der Waals surface area contributed by atoms with E-state index in [0.29, 0.717) is 11.5 Å². The lowest BCUT2D eigenvalue weighted by Crippen LogP contribution is -2.20. The Labute approximate surface area is 199 Å². The highest BCUT2D eigenvalue weighted by molar-refractivity contribution is 7.18. The van der Waals surface area contributed by atoms with Gasteiger partial charge < -0.3 is 16.4 Å². The summed E-state index contributed by atoms with van der Waals surface area (Å²) in [6.45, 7) is 1.83. The summed E-state index contributed by atoms with van der Waals surface area (Å²) in [7, 11) is 0. The van der Waals surface area contributed by atoms with Gasteiger partial charge in [0.1, 0.15) is 11.6 Å². The van der Waals surface area contributed by atoms with Crippen LogP contribution in [0.4, 0.5) is 26.4 Å². The van der Waals surface area contributed by atoms with Crippen LogP contribution in [0.25, 0.3) is 32.3 Å². The molecular weight excluding hydrogens is 449 g/mol. The minimum absolute atomic E-state index is 0.131. The number of benzene rings is 2. The van der Waals surface area contributed by atoms with Gasteiger partial charge >= 0.3 is 6.03 Å². The Hall–Kier alpha value is -4.30. The third kappa shape index (κ3) is 4.18. The molecule has 6 nitrogen and oxygen atoms in total. The number of aryl methyl sites for hydroxylation is 1. The van der Waals surface area contributed by atoms with Gasteiger partial charge in [0.2, 0.25) is 0 Å². The van der Waals surface area contributed by atoms with Crippen molar-refractivity contribution in [3.8, 4) is 22.3 Å². The average molecular weight is 470 g/mol. The number of carbonyl (C=O) groups is 1. The number of urea groups is 1. The van der Waals surface area contributed by atoms with Crippen molar-refractivity contribution in [1.82, 2.24) is 9.97 Å². The summed E-state index contributed by atoms with van der Waals surface area (Å²) in [5.74, 6) is -0.0297. The van der Waals surface area contributed by atoms with Gasteiger partial charge in [-0.3, -0.25) is 4.98 Å². The quantitative estimate of drug-likeness (QED) is 0.273. The smallest absolute Gasteiger partial charge is 0.323 e. The Bertz CT molecular complexity index is 1500. The number of amides is 2. The van der Waals surface area contributed by atoms with Gasteiger partial charge in [-0.1, -0.05) is 24.3 Å². The summed E-state index contributed by atoms with van der Waals surface area (Å²) in [5.41, 5.74) is 11.7. The summed E-state index contributed by atoms with van der Waals surface area (Å²) in [6.07, 6.45) is 5.32. The fourth-order valence-electron chi connectivity index (χ4n) is 3.76. The third-order valence-corrected chi connectivity index (χ3v) is 6.43. The second kappa shape index (κ2) is 8.92. The van der Waals surface area contributed by atoms with E-state index >= 15 is 0 Å². The SMILES string of the molecule is Cc1ccc(F)c(NC(=O)Nc2ccc(-c3csc4c(-c5cccnc5)cnc(N)c34)cc2)c1. The molecule has 2 amide bonds. The van der Waals surface area contributed by atoms with Crippen LogP contribution in [0.2, 0.25) is 0 Å². The van der Waals surface area contributed by atoms with Crippen molar-refractivity contribution in [3.63, 3.8) is 0 Å². The Morgan fingerprint density at radius 3 is 2.59 bits per heavy atom. The fourth-order valence-corrected chi connectivity index (χ4v) is 4.88. The number of nitrogens with two attached hydrogens (primary N) is 1. The van der Waals surface area contributed by atoms with Gasteiger partial charge in [-0.2, -0.15) is 0 Å². The zero-order valence-electron chi connectivity index (χ0n) is 18.2. The van der Waals surface area contributed by atoms with Gasteiger partial charge in [-0.15, -0.1) is 11.3 Å². The van der Waals surface area contributed by atoms with Crippen molar-refractivity contribution in [2.45, 2.75) is 6.92 Å². The summed E-state index contributed by atoms with van der Waals surface area (Å²) >= 11 is 1.60. The molecule has 0 saturated carbocycles. The minimum atomic E-state index is -0.521. The number of fused-ring (bicyclic) bond motifs is 1. The van der Waals surface area contributed by atoms with Gasteiger partial charge in [0.15, 0.2) is 0 Å². The van der Waals surface area contributed by atoms with Crippen LogP contribution in [0.5, 0.6) is 0 Å². The number of anilines is 3. The summed E-state index contributed by atoms with van der Waals surface area (Å²) in [4.78, 5) is 21.0. The lowest BCUT2D eigenvalue weighted by molar-refractivity contribution is 0.262. The number of halogens is 1. The molecule has 2 aromatic carbocycles. The molecule has 8 heteroatoms. The first-order valence-electron chi connectivity index (χ1n) is 10.5.